The minimum Gasteiger partial charge on any atom is -0.394 e. The molecule has 1 aromatic heterocycles. The molecule has 0 saturated carbocycles. The predicted molar refractivity (Wildman–Crippen MR) is 72.6 cm³/mol. The number of aliphatic hydroxyl groups is 1. The maximum atomic E-state index is 11.8. The molecule has 1 atom stereocenters. The molecular weight excluding hydrogens is 250 g/mol. The van der Waals surface area contributed by atoms with Crippen LogP contribution in [0.3, 0.4) is 0 Å². The van der Waals surface area contributed by atoms with Crippen molar-refractivity contribution in [2.75, 3.05) is 19.8 Å². The number of carbonyl (C=O) groups excluding carboxylic acids is 1. The third kappa shape index (κ3) is 4.76. The van der Waals surface area contributed by atoms with E-state index in [0.717, 1.165) is 5.56 Å². The molecule has 1 rings (SSSR count). The lowest BCUT2D eigenvalue weighted by Crippen LogP contribution is -2.37. The van der Waals surface area contributed by atoms with Crippen molar-refractivity contribution in [3.63, 3.8) is 0 Å². The molecule has 1 heterocycles. The second-order valence-electron chi connectivity index (χ2n) is 5.10. The molecule has 0 unspecified atom stereocenters. The first kappa shape index (κ1) is 15.1. The summed E-state index contributed by atoms with van der Waals surface area (Å²) >= 11 is 1.59. The van der Waals surface area contributed by atoms with Crippen molar-refractivity contribution < 1.29 is 14.6 Å². The zero-order valence-electron chi connectivity index (χ0n) is 11.1. The first-order chi connectivity index (χ1) is 8.45. The van der Waals surface area contributed by atoms with Crippen molar-refractivity contribution in [2.24, 2.45) is 5.41 Å². The van der Waals surface area contributed by atoms with E-state index in [1.165, 1.54) is 0 Å². The Bertz CT molecular complexity index is 357. The van der Waals surface area contributed by atoms with Gasteiger partial charge in [0.05, 0.1) is 13.2 Å². The van der Waals surface area contributed by atoms with Crippen LogP contribution < -0.4 is 5.32 Å². The van der Waals surface area contributed by atoms with Gasteiger partial charge < -0.3 is 15.2 Å². The van der Waals surface area contributed by atoms with E-state index in [4.69, 9.17) is 9.84 Å². The zero-order valence-corrected chi connectivity index (χ0v) is 11.9. The normalized spacial score (nSPS) is 13.3. The van der Waals surface area contributed by atoms with Crippen molar-refractivity contribution in [2.45, 2.75) is 26.9 Å². The van der Waals surface area contributed by atoms with Gasteiger partial charge in [0, 0.05) is 12.0 Å². The highest BCUT2D eigenvalue weighted by Crippen LogP contribution is 2.20. The standard InChI is InChI=1S/C13H21NO3S/c1-13(2,3)12(16)14-8-11(17-6-5-15)10-4-7-18-9-10/h4,7,9,11,15H,5-6,8H2,1-3H3,(H,14,16)/t11-/m1/s1. The molecule has 0 saturated heterocycles. The van der Waals surface area contributed by atoms with Gasteiger partial charge in [0.2, 0.25) is 5.91 Å². The van der Waals surface area contributed by atoms with E-state index in [9.17, 15) is 4.79 Å². The van der Waals surface area contributed by atoms with Crippen LogP contribution in [0.5, 0.6) is 0 Å². The van der Waals surface area contributed by atoms with Gasteiger partial charge in [-0.25, -0.2) is 0 Å². The van der Waals surface area contributed by atoms with E-state index in [-0.39, 0.29) is 25.2 Å². The average molecular weight is 271 g/mol. The Morgan fingerprint density at radius 2 is 2.28 bits per heavy atom. The zero-order chi connectivity index (χ0) is 13.6. The van der Waals surface area contributed by atoms with E-state index >= 15 is 0 Å². The number of amides is 1. The number of aliphatic hydroxyl groups excluding tert-OH is 1. The molecule has 0 aliphatic rings. The van der Waals surface area contributed by atoms with Crippen LogP contribution >= 0.6 is 11.3 Å². The third-order valence-electron chi connectivity index (χ3n) is 2.45. The Labute approximate surface area is 112 Å². The predicted octanol–water partition coefficient (Wildman–Crippen LogP) is 1.96. The highest BCUT2D eigenvalue weighted by molar-refractivity contribution is 7.07. The van der Waals surface area contributed by atoms with E-state index < -0.39 is 5.41 Å². The molecule has 0 aliphatic heterocycles. The number of hydrogen-bond donors (Lipinski definition) is 2. The monoisotopic (exact) mass is 271 g/mol. The number of thiophene rings is 1. The summed E-state index contributed by atoms with van der Waals surface area (Å²) in [5.74, 6) is -0.00433. The molecule has 0 aliphatic carbocycles. The van der Waals surface area contributed by atoms with E-state index in [0.29, 0.717) is 6.54 Å². The summed E-state index contributed by atoms with van der Waals surface area (Å²) in [6.07, 6.45) is -0.199. The number of carbonyl (C=O) groups is 1. The van der Waals surface area contributed by atoms with Crippen LogP contribution in [0.2, 0.25) is 0 Å². The highest BCUT2D eigenvalue weighted by Gasteiger charge is 2.22. The van der Waals surface area contributed by atoms with Crippen LogP contribution in [0.4, 0.5) is 0 Å². The molecule has 0 fully saturated rings. The summed E-state index contributed by atoms with van der Waals surface area (Å²) in [4.78, 5) is 11.8. The van der Waals surface area contributed by atoms with E-state index in [1.807, 2.05) is 37.6 Å². The number of hydrogen-bond acceptors (Lipinski definition) is 4. The fourth-order valence-corrected chi connectivity index (χ4v) is 2.08. The Hall–Kier alpha value is -0.910. The van der Waals surface area contributed by atoms with Gasteiger partial charge in [0.15, 0.2) is 0 Å². The lowest BCUT2D eigenvalue weighted by atomic mass is 9.95. The Morgan fingerprint density at radius 1 is 1.56 bits per heavy atom. The summed E-state index contributed by atoms with van der Waals surface area (Å²) < 4.78 is 5.54. The molecule has 5 heteroatoms. The van der Waals surface area contributed by atoms with E-state index in [1.54, 1.807) is 11.3 Å². The molecule has 0 radical (unpaired) electrons. The van der Waals surface area contributed by atoms with Gasteiger partial charge in [-0.15, -0.1) is 0 Å². The first-order valence-electron chi connectivity index (χ1n) is 5.98. The molecule has 4 nitrogen and oxygen atoms in total. The van der Waals surface area contributed by atoms with Gasteiger partial charge in [-0.1, -0.05) is 20.8 Å². The lowest BCUT2D eigenvalue weighted by Gasteiger charge is -2.21. The molecular formula is C13H21NO3S. The third-order valence-corrected chi connectivity index (χ3v) is 3.16. The van der Waals surface area contributed by atoms with Gasteiger partial charge in [-0.05, 0) is 22.4 Å². The van der Waals surface area contributed by atoms with Gasteiger partial charge in [-0.3, -0.25) is 4.79 Å². The van der Waals surface area contributed by atoms with Crippen LogP contribution in [0.15, 0.2) is 16.8 Å². The molecule has 2 N–H and O–H groups in total. The summed E-state index contributed by atoms with van der Waals surface area (Å²) in [7, 11) is 0. The number of nitrogens with one attached hydrogen (secondary N) is 1. The molecule has 18 heavy (non-hydrogen) atoms. The van der Waals surface area contributed by atoms with Gasteiger partial charge in [0.25, 0.3) is 0 Å². The fourth-order valence-electron chi connectivity index (χ4n) is 1.38. The van der Waals surface area contributed by atoms with Gasteiger partial charge in [-0.2, -0.15) is 11.3 Å². The van der Waals surface area contributed by atoms with Crippen LogP contribution in [-0.4, -0.2) is 30.8 Å². The lowest BCUT2D eigenvalue weighted by molar-refractivity contribution is -0.129. The van der Waals surface area contributed by atoms with Gasteiger partial charge in [0.1, 0.15) is 6.10 Å². The van der Waals surface area contributed by atoms with Crippen LogP contribution in [-0.2, 0) is 9.53 Å². The fraction of sp³-hybridized carbons (Fsp3) is 0.615. The molecule has 102 valence electrons. The van der Waals surface area contributed by atoms with Crippen molar-refractivity contribution in [3.05, 3.63) is 22.4 Å². The summed E-state index contributed by atoms with van der Waals surface area (Å²) in [5, 5.41) is 15.6. The van der Waals surface area contributed by atoms with Crippen molar-refractivity contribution >= 4 is 17.2 Å². The number of rotatable bonds is 6. The van der Waals surface area contributed by atoms with Crippen molar-refractivity contribution in [3.8, 4) is 0 Å². The van der Waals surface area contributed by atoms with Crippen molar-refractivity contribution in [1.29, 1.82) is 0 Å². The summed E-state index contributed by atoms with van der Waals surface area (Å²) in [6, 6.07) is 1.97. The molecule has 0 spiro atoms. The maximum absolute atomic E-state index is 11.8. The minimum atomic E-state index is -0.407. The van der Waals surface area contributed by atoms with Crippen molar-refractivity contribution in [1.82, 2.24) is 5.32 Å². The topological polar surface area (TPSA) is 58.6 Å². The average Bonchev–Trinajstić information content (AvgIpc) is 2.81. The Balaban J connectivity index is 2.55. The second-order valence-corrected chi connectivity index (χ2v) is 5.88. The Morgan fingerprint density at radius 3 is 2.78 bits per heavy atom. The highest BCUT2D eigenvalue weighted by atomic mass is 32.1. The Kier molecular flexibility index (Phi) is 5.78. The maximum Gasteiger partial charge on any atom is 0.225 e. The largest absolute Gasteiger partial charge is 0.394 e. The van der Waals surface area contributed by atoms with E-state index in [2.05, 4.69) is 5.32 Å². The van der Waals surface area contributed by atoms with Crippen LogP contribution in [0, 0.1) is 5.41 Å². The number of ether oxygens (including phenoxy) is 1. The quantitative estimate of drug-likeness (QED) is 0.831. The smallest absolute Gasteiger partial charge is 0.225 e. The molecule has 0 aromatic carbocycles. The molecule has 1 aromatic rings. The second kappa shape index (κ2) is 6.87. The molecule has 0 bridgehead atoms. The summed E-state index contributed by atoms with van der Waals surface area (Å²) in [6.45, 7) is 6.29. The molecule has 1 amide bonds. The SMILES string of the molecule is CC(C)(C)C(=O)NC[C@@H](OCCO)c1ccsc1. The first-order valence-corrected chi connectivity index (χ1v) is 6.92. The van der Waals surface area contributed by atoms with Crippen LogP contribution in [0.1, 0.15) is 32.4 Å². The van der Waals surface area contributed by atoms with Gasteiger partial charge >= 0.3 is 0 Å². The minimum absolute atomic E-state index is 0.00433. The summed E-state index contributed by atoms with van der Waals surface area (Å²) in [5.41, 5.74) is 0.624. The van der Waals surface area contributed by atoms with Crippen LogP contribution in [0.25, 0.3) is 0 Å².